The van der Waals surface area contributed by atoms with Crippen LogP contribution < -0.4 is 0 Å². The molecule has 240 valence electrons. The Hall–Kier alpha value is -3.64. The lowest BCUT2D eigenvalue weighted by Gasteiger charge is -2.40. The average molecular weight is 617 g/mol. The van der Waals surface area contributed by atoms with E-state index in [-0.39, 0.29) is 19.1 Å². The molecule has 0 spiro atoms. The highest BCUT2D eigenvalue weighted by molar-refractivity contribution is 6.52. The summed E-state index contributed by atoms with van der Waals surface area (Å²) in [5.74, 6) is 0.794. The van der Waals surface area contributed by atoms with Gasteiger partial charge in [0.1, 0.15) is 5.60 Å². The van der Waals surface area contributed by atoms with Crippen molar-refractivity contribution < 1.29 is 18.9 Å². The van der Waals surface area contributed by atoms with Crippen molar-refractivity contribution in [2.75, 3.05) is 6.61 Å². The highest BCUT2D eigenvalue weighted by Gasteiger charge is 2.40. The Kier molecular flexibility index (Phi) is 12.7. The third kappa shape index (κ3) is 8.79. The van der Waals surface area contributed by atoms with Crippen molar-refractivity contribution in [2.45, 2.75) is 89.1 Å². The van der Waals surface area contributed by atoms with Crippen LogP contribution in [0.3, 0.4) is 0 Å². The first-order chi connectivity index (χ1) is 22.6. The predicted octanol–water partition coefficient (Wildman–Crippen LogP) is 10.4. The number of rotatable bonds is 17. The van der Waals surface area contributed by atoms with Crippen LogP contribution in [0.4, 0.5) is 0 Å². The zero-order valence-electron chi connectivity index (χ0n) is 27.6. The molecule has 0 unspecified atom stereocenters. The molecular weight excluding hydrogens is 567 g/mol. The molecule has 1 aliphatic heterocycles. The van der Waals surface area contributed by atoms with Gasteiger partial charge in [0.15, 0.2) is 6.29 Å². The molecule has 4 aromatic carbocycles. The van der Waals surface area contributed by atoms with E-state index in [1.807, 2.05) is 36.4 Å². The molecule has 1 fully saturated rings. The minimum absolute atomic E-state index is 0.113. The molecule has 0 aromatic heterocycles. The van der Waals surface area contributed by atoms with E-state index in [2.05, 4.69) is 105 Å². The highest BCUT2D eigenvalue weighted by atomic mass is 16.7. The van der Waals surface area contributed by atoms with E-state index >= 15 is 0 Å². The maximum absolute atomic E-state index is 7.18. The van der Waals surface area contributed by atoms with Crippen molar-refractivity contribution in [3.8, 4) is 0 Å². The number of hydrogen-bond donors (Lipinski definition) is 0. The molecule has 0 radical (unpaired) electrons. The van der Waals surface area contributed by atoms with Crippen molar-refractivity contribution >= 4 is 6.92 Å². The van der Waals surface area contributed by atoms with Gasteiger partial charge in [-0.2, -0.15) is 0 Å². The summed E-state index contributed by atoms with van der Waals surface area (Å²) < 4.78 is 26.9. The summed E-state index contributed by atoms with van der Waals surface area (Å²) in [4.78, 5) is 0. The minimum Gasteiger partial charge on any atom is -0.564 e. The molecule has 46 heavy (non-hydrogen) atoms. The van der Waals surface area contributed by atoms with Gasteiger partial charge >= 0.3 is 6.92 Å². The van der Waals surface area contributed by atoms with E-state index in [0.717, 1.165) is 53.5 Å². The Labute approximate surface area is 276 Å². The van der Waals surface area contributed by atoms with Crippen LogP contribution in [0.1, 0.15) is 80.9 Å². The SMILES string of the molecule is C=C(C[C@H]1C[C@@H](COC(c2ccccc2)(c2ccccc2)c2ccccc2)O[C@@H](c2ccccc2)O1)OB(CCCC)CCCC. The summed E-state index contributed by atoms with van der Waals surface area (Å²) in [6, 6.07) is 41.7. The molecule has 5 rings (SSSR count). The Balaban J connectivity index is 1.40. The van der Waals surface area contributed by atoms with Gasteiger partial charge in [-0.05, 0) is 29.3 Å². The van der Waals surface area contributed by atoms with Crippen molar-refractivity contribution in [1.29, 1.82) is 0 Å². The molecule has 1 aliphatic rings. The summed E-state index contributed by atoms with van der Waals surface area (Å²) in [6.07, 6.45) is 7.26. The first kappa shape index (κ1) is 33.7. The fourth-order valence-corrected chi connectivity index (χ4v) is 6.44. The first-order valence-corrected chi connectivity index (χ1v) is 17.1. The Morgan fingerprint density at radius 1 is 0.696 bits per heavy atom. The molecule has 5 heteroatoms. The van der Waals surface area contributed by atoms with Crippen molar-refractivity contribution in [2.24, 2.45) is 0 Å². The molecule has 1 saturated heterocycles. The lowest BCUT2D eigenvalue weighted by molar-refractivity contribution is -0.260. The van der Waals surface area contributed by atoms with Gasteiger partial charge in [-0.15, -0.1) is 0 Å². The third-order valence-electron chi connectivity index (χ3n) is 8.80. The lowest BCUT2D eigenvalue weighted by Crippen LogP contribution is -2.41. The van der Waals surface area contributed by atoms with Gasteiger partial charge in [-0.25, -0.2) is 0 Å². The molecule has 1 heterocycles. The van der Waals surface area contributed by atoms with Gasteiger partial charge in [0.05, 0.1) is 24.6 Å². The Bertz CT molecular complexity index is 1330. The van der Waals surface area contributed by atoms with Gasteiger partial charge in [0.2, 0.25) is 0 Å². The summed E-state index contributed by atoms with van der Waals surface area (Å²) >= 11 is 0. The zero-order chi connectivity index (χ0) is 32.0. The van der Waals surface area contributed by atoms with E-state index in [0.29, 0.717) is 19.4 Å². The maximum atomic E-state index is 7.18. The second-order valence-corrected chi connectivity index (χ2v) is 12.4. The summed E-state index contributed by atoms with van der Waals surface area (Å²) in [5.41, 5.74) is 3.39. The molecule has 4 nitrogen and oxygen atoms in total. The van der Waals surface area contributed by atoms with Crippen molar-refractivity contribution in [3.05, 3.63) is 156 Å². The van der Waals surface area contributed by atoms with Gasteiger partial charge in [-0.3, -0.25) is 0 Å². The average Bonchev–Trinajstić information content (AvgIpc) is 3.11. The smallest absolute Gasteiger partial charge is 0.357 e. The van der Waals surface area contributed by atoms with Crippen LogP contribution in [0.15, 0.2) is 134 Å². The van der Waals surface area contributed by atoms with Gasteiger partial charge in [-0.1, -0.05) is 167 Å². The molecule has 0 aliphatic carbocycles. The summed E-state index contributed by atoms with van der Waals surface area (Å²) in [6.45, 7) is 9.41. The van der Waals surface area contributed by atoms with Crippen LogP contribution in [0.5, 0.6) is 0 Å². The third-order valence-corrected chi connectivity index (χ3v) is 8.80. The number of hydrogen-bond acceptors (Lipinski definition) is 4. The molecule has 0 amide bonds. The molecule has 0 N–H and O–H groups in total. The molecule has 3 atom stereocenters. The molecule has 4 aromatic rings. The molecule has 0 saturated carbocycles. The van der Waals surface area contributed by atoms with Crippen LogP contribution in [-0.4, -0.2) is 25.7 Å². The Morgan fingerprint density at radius 2 is 1.15 bits per heavy atom. The van der Waals surface area contributed by atoms with Gasteiger partial charge in [0, 0.05) is 18.4 Å². The molecular formula is C41H49BO4. The fraction of sp³-hybridized carbons (Fsp3) is 0.366. The van der Waals surface area contributed by atoms with E-state index < -0.39 is 11.9 Å². The van der Waals surface area contributed by atoms with Crippen LogP contribution in [0.25, 0.3) is 0 Å². The lowest BCUT2D eigenvalue weighted by atomic mass is 9.59. The van der Waals surface area contributed by atoms with Crippen LogP contribution in [0, 0.1) is 0 Å². The summed E-state index contributed by atoms with van der Waals surface area (Å²) in [7, 11) is 0. The monoisotopic (exact) mass is 616 g/mol. The summed E-state index contributed by atoms with van der Waals surface area (Å²) in [5, 5.41) is 0. The molecule has 0 bridgehead atoms. The second kappa shape index (κ2) is 17.3. The van der Waals surface area contributed by atoms with Crippen molar-refractivity contribution in [1.82, 2.24) is 0 Å². The van der Waals surface area contributed by atoms with E-state index in [1.54, 1.807) is 0 Å². The van der Waals surface area contributed by atoms with Crippen molar-refractivity contribution in [3.63, 3.8) is 0 Å². The fourth-order valence-electron chi connectivity index (χ4n) is 6.44. The van der Waals surface area contributed by atoms with Gasteiger partial charge < -0.3 is 18.9 Å². The normalized spacial score (nSPS) is 18.2. The quantitative estimate of drug-likeness (QED) is 0.0672. The van der Waals surface area contributed by atoms with E-state index in [9.17, 15) is 0 Å². The zero-order valence-corrected chi connectivity index (χ0v) is 27.6. The number of ether oxygens (including phenoxy) is 3. The second-order valence-electron chi connectivity index (χ2n) is 12.4. The highest BCUT2D eigenvalue weighted by Crippen LogP contribution is 2.42. The van der Waals surface area contributed by atoms with Gasteiger partial charge in [0.25, 0.3) is 0 Å². The Morgan fingerprint density at radius 3 is 1.63 bits per heavy atom. The maximum Gasteiger partial charge on any atom is 0.357 e. The number of benzene rings is 4. The minimum atomic E-state index is -0.818. The van der Waals surface area contributed by atoms with Crippen LogP contribution >= 0.6 is 0 Å². The van der Waals surface area contributed by atoms with E-state index in [4.69, 9.17) is 18.9 Å². The first-order valence-electron chi connectivity index (χ1n) is 17.1. The predicted molar refractivity (Wildman–Crippen MR) is 189 cm³/mol. The largest absolute Gasteiger partial charge is 0.564 e. The van der Waals surface area contributed by atoms with Crippen LogP contribution in [-0.2, 0) is 24.5 Å². The standard InChI is InChI=1S/C41H49BO4/c1-4-6-28-42(29-7-5-2)46-33(3)30-38-31-39(45-40(44-38)34-20-12-8-13-21-34)32-43-41(35-22-14-9-15-23-35,36-24-16-10-17-25-36)37-26-18-11-19-27-37/h8-27,38-40H,3-7,28-32H2,1-2H3/t38-,39-,40-/m0/s1. The van der Waals surface area contributed by atoms with Crippen LogP contribution in [0.2, 0.25) is 12.6 Å². The van der Waals surface area contributed by atoms with E-state index in [1.165, 1.54) is 12.8 Å². The number of unbranched alkanes of at least 4 members (excludes halogenated alkanes) is 2. The topological polar surface area (TPSA) is 36.9 Å².